The van der Waals surface area contributed by atoms with Gasteiger partial charge in [0, 0.05) is 49.5 Å². The van der Waals surface area contributed by atoms with Crippen LogP contribution in [0.4, 0.5) is 10.1 Å². The van der Waals surface area contributed by atoms with Gasteiger partial charge in [0.1, 0.15) is 5.82 Å². The number of benzene rings is 1. The fourth-order valence-electron chi connectivity index (χ4n) is 2.92. The second-order valence-corrected chi connectivity index (χ2v) is 5.50. The zero-order chi connectivity index (χ0) is 14.8. The van der Waals surface area contributed by atoms with E-state index >= 15 is 0 Å². The normalized spacial score (nSPS) is 16.6. The van der Waals surface area contributed by atoms with E-state index in [2.05, 4.69) is 14.8 Å². The van der Waals surface area contributed by atoms with Gasteiger partial charge in [-0.05, 0) is 31.2 Å². The molecule has 112 valence electrons. The van der Waals surface area contributed by atoms with Crippen LogP contribution in [0.25, 0.3) is 10.9 Å². The van der Waals surface area contributed by atoms with Gasteiger partial charge in [0.2, 0.25) is 0 Å². The van der Waals surface area contributed by atoms with Crippen molar-refractivity contribution in [3.63, 3.8) is 0 Å². The Kier molecular flexibility index (Phi) is 4.03. The molecule has 0 amide bonds. The molecule has 0 atom stereocenters. The van der Waals surface area contributed by atoms with E-state index < -0.39 is 0 Å². The minimum Gasteiger partial charge on any atom is -0.395 e. The summed E-state index contributed by atoms with van der Waals surface area (Å²) in [5.41, 5.74) is 2.84. The Morgan fingerprint density at radius 1 is 1.19 bits per heavy atom. The van der Waals surface area contributed by atoms with Gasteiger partial charge < -0.3 is 10.0 Å². The number of hydrogen-bond donors (Lipinski definition) is 1. The van der Waals surface area contributed by atoms with Crippen molar-refractivity contribution in [2.45, 2.75) is 6.92 Å². The Hall–Kier alpha value is -1.72. The predicted molar refractivity (Wildman–Crippen MR) is 82.2 cm³/mol. The van der Waals surface area contributed by atoms with Gasteiger partial charge in [-0.25, -0.2) is 4.39 Å². The highest BCUT2D eigenvalue weighted by molar-refractivity contribution is 5.92. The van der Waals surface area contributed by atoms with E-state index in [0.29, 0.717) is 0 Å². The summed E-state index contributed by atoms with van der Waals surface area (Å²) >= 11 is 0. The number of hydrogen-bond acceptors (Lipinski definition) is 4. The predicted octanol–water partition coefficient (Wildman–Crippen LogP) is 1.80. The first kappa shape index (κ1) is 14.2. The van der Waals surface area contributed by atoms with Crippen LogP contribution >= 0.6 is 0 Å². The number of nitrogens with zero attached hydrogens (tertiary/aromatic N) is 3. The van der Waals surface area contributed by atoms with Crippen LogP contribution in [0.15, 0.2) is 24.3 Å². The van der Waals surface area contributed by atoms with Gasteiger partial charge in [-0.2, -0.15) is 0 Å². The molecule has 1 saturated heterocycles. The van der Waals surface area contributed by atoms with E-state index in [-0.39, 0.29) is 12.4 Å². The number of β-amino-alcohol motifs (C(OH)–C–C–N with tert-alkyl or cyclic N) is 1. The first-order valence-corrected chi connectivity index (χ1v) is 7.32. The minimum atomic E-state index is -0.228. The van der Waals surface area contributed by atoms with E-state index in [1.807, 2.05) is 13.0 Å². The van der Waals surface area contributed by atoms with Crippen LogP contribution in [0.3, 0.4) is 0 Å². The third-order valence-corrected chi connectivity index (χ3v) is 4.01. The molecule has 0 spiro atoms. The van der Waals surface area contributed by atoms with Crippen LogP contribution < -0.4 is 4.90 Å². The molecule has 1 fully saturated rings. The van der Waals surface area contributed by atoms with Crippen LogP contribution in [-0.4, -0.2) is 54.3 Å². The average Bonchev–Trinajstić information content (AvgIpc) is 2.48. The average molecular weight is 289 g/mol. The Labute approximate surface area is 123 Å². The maximum Gasteiger partial charge on any atom is 0.124 e. The topological polar surface area (TPSA) is 39.6 Å². The Morgan fingerprint density at radius 3 is 2.67 bits per heavy atom. The molecule has 4 nitrogen and oxygen atoms in total. The fraction of sp³-hybridized carbons (Fsp3) is 0.438. The molecule has 0 saturated carbocycles. The molecular weight excluding hydrogens is 269 g/mol. The van der Waals surface area contributed by atoms with Crippen molar-refractivity contribution in [3.8, 4) is 0 Å². The standard InChI is InChI=1S/C16H20FN3O/c1-12-10-16(14-11-13(17)2-3-15(14)18-12)20-6-4-19(5-7-20)8-9-21/h2-3,10-11,21H,4-9H2,1H3. The zero-order valence-corrected chi connectivity index (χ0v) is 12.2. The fourth-order valence-corrected chi connectivity index (χ4v) is 2.92. The number of halogens is 1. The van der Waals surface area contributed by atoms with Crippen molar-refractivity contribution in [3.05, 3.63) is 35.8 Å². The minimum absolute atomic E-state index is 0.197. The molecule has 0 bridgehead atoms. The van der Waals surface area contributed by atoms with Gasteiger partial charge in [-0.3, -0.25) is 9.88 Å². The molecule has 0 radical (unpaired) electrons. The van der Waals surface area contributed by atoms with Crippen LogP contribution in [0.5, 0.6) is 0 Å². The van der Waals surface area contributed by atoms with Crippen molar-refractivity contribution in [2.24, 2.45) is 0 Å². The number of anilines is 1. The molecule has 3 rings (SSSR count). The first-order chi connectivity index (χ1) is 10.2. The number of fused-ring (bicyclic) bond motifs is 1. The number of aromatic nitrogens is 1. The lowest BCUT2D eigenvalue weighted by Gasteiger charge is -2.36. The molecule has 5 heteroatoms. The summed E-state index contributed by atoms with van der Waals surface area (Å²) in [4.78, 5) is 9.01. The summed E-state index contributed by atoms with van der Waals surface area (Å²) in [7, 11) is 0. The van der Waals surface area contributed by atoms with E-state index in [1.165, 1.54) is 6.07 Å². The Balaban J connectivity index is 1.91. The smallest absolute Gasteiger partial charge is 0.124 e. The summed E-state index contributed by atoms with van der Waals surface area (Å²) in [5, 5.41) is 9.88. The highest BCUT2D eigenvalue weighted by Gasteiger charge is 2.19. The molecule has 21 heavy (non-hydrogen) atoms. The zero-order valence-electron chi connectivity index (χ0n) is 12.2. The lowest BCUT2D eigenvalue weighted by Crippen LogP contribution is -2.47. The molecule has 1 aromatic carbocycles. The highest BCUT2D eigenvalue weighted by Crippen LogP contribution is 2.28. The molecule has 2 aromatic rings. The number of pyridine rings is 1. The number of aliphatic hydroxyl groups excluding tert-OH is 1. The quantitative estimate of drug-likeness (QED) is 0.935. The molecule has 0 unspecified atom stereocenters. The van der Waals surface area contributed by atoms with E-state index in [9.17, 15) is 4.39 Å². The summed E-state index contributed by atoms with van der Waals surface area (Å²) in [6, 6.07) is 6.79. The summed E-state index contributed by atoms with van der Waals surface area (Å²) < 4.78 is 13.6. The van der Waals surface area contributed by atoms with Crippen molar-refractivity contribution in [2.75, 3.05) is 44.2 Å². The maximum absolute atomic E-state index is 13.6. The van der Waals surface area contributed by atoms with Gasteiger partial charge in [0.15, 0.2) is 0 Å². The summed E-state index contributed by atoms with van der Waals surface area (Å²) in [6.45, 7) is 6.48. The van der Waals surface area contributed by atoms with Crippen molar-refractivity contribution >= 4 is 16.6 Å². The largest absolute Gasteiger partial charge is 0.395 e. The van der Waals surface area contributed by atoms with Gasteiger partial charge in [-0.1, -0.05) is 0 Å². The monoisotopic (exact) mass is 289 g/mol. The third kappa shape index (κ3) is 2.99. The second kappa shape index (κ2) is 5.95. The van der Waals surface area contributed by atoms with Crippen LogP contribution in [0.2, 0.25) is 0 Å². The molecule has 0 aliphatic carbocycles. The summed E-state index contributed by atoms with van der Waals surface area (Å²) in [6.07, 6.45) is 0. The number of rotatable bonds is 3. The molecule has 1 aliphatic heterocycles. The van der Waals surface area contributed by atoms with Gasteiger partial charge >= 0.3 is 0 Å². The van der Waals surface area contributed by atoms with Crippen molar-refractivity contribution in [1.29, 1.82) is 0 Å². The molecule has 1 aromatic heterocycles. The van der Waals surface area contributed by atoms with Crippen LogP contribution in [-0.2, 0) is 0 Å². The van der Waals surface area contributed by atoms with E-state index in [4.69, 9.17) is 5.11 Å². The number of piperazine rings is 1. The molecule has 2 heterocycles. The SMILES string of the molecule is Cc1cc(N2CCN(CCO)CC2)c2cc(F)ccc2n1. The lowest BCUT2D eigenvalue weighted by atomic mass is 10.1. The maximum atomic E-state index is 13.6. The van der Waals surface area contributed by atoms with Crippen LogP contribution in [0, 0.1) is 12.7 Å². The van der Waals surface area contributed by atoms with Crippen molar-refractivity contribution in [1.82, 2.24) is 9.88 Å². The second-order valence-electron chi connectivity index (χ2n) is 5.50. The van der Waals surface area contributed by atoms with Crippen molar-refractivity contribution < 1.29 is 9.50 Å². The van der Waals surface area contributed by atoms with Gasteiger partial charge in [0.25, 0.3) is 0 Å². The highest BCUT2D eigenvalue weighted by atomic mass is 19.1. The Bertz CT molecular complexity index is 639. The number of aliphatic hydroxyl groups is 1. The van der Waals surface area contributed by atoms with E-state index in [0.717, 1.165) is 55.0 Å². The summed E-state index contributed by atoms with van der Waals surface area (Å²) in [5.74, 6) is -0.228. The first-order valence-electron chi connectivity index (χ1n) is 7.32. The Morgan fingerprint density at radius 2 is 1.95 bits per heavy atom. The molecule has 1 aliphatic rings. The lowest BCUT2D eigenvalue weighted by molar-refractivity contribution is 0.189. The third-order valence-electron chi connectivity index (χ3n) is 4.01. The van der Waals surface area contributed by atoms with Crippen LogP contribution in [0.1, 0.15) is 5.69 Å². The molecular formula is C16H20FN3O. The number of aryl methyl sites for hydroxylation is 1. The van der Waals surface area contributed by atoms with E-state index in [1.54, 1.807) is 12.1 Å². The molecule has 1 N–H and O–H groups in total. The van der Waals surface area contributed by atoms with Gasteiger partial charge in [-0.15, -0.1) is 0 Å². The van der Waals surface area contributed by atoms with Gasteiger partial charge in [0.05, 0.1) is 12.1 Å².